The standard InChI is InChI=1S/C13H16F2N2O/c1-3-9(2)17-11(8-16)10-6-4-5-7-12(10)18-13(14)15/h4-7,9,11,13,17H,3H2,1-2H3. The molecule has 0 aromatic heterocycles. The predicted molar refractivity (Wildman–Crippen MR) is 64.3 cm³/mol. The van der Waals surface area contributed by atoms with E-state index in [1.54, 1.807) is 18.2 Å². The molecule has 98 valence electrons. The molecule has 0 heterocycles. The summed E-state index contributed by atoms with van der Waals surface area (Å²) in [6.07, 6.45) is 0.843. The summed E-state index contributed by atoms with van der Waals surface area (Å²) in [5.41, 5.74) is 0.431. The zero-order chi connectivity index (χ0) is 13.5. The summed E-state index contributed by atoms with van der Waals surface area (Å²) < 4.78 is 29.0. The van der Waals surface area contributed by atoms with Crippen LogP contribution in [-0.2, 0) is 0 Å². The molecule has 1 aromatic rings. The molecule has 0 bridgehead atoms. The van der Waals surface area contributed by atoms with Crippen molar-refractivity contribution in [3.63, 3.8) is 0 Å². The number of ether oxygens (including phenoxy) is 1. The van der Waals surface area contributed by atoms with Crippen LogP contribution in [0, 0.1) is 11.3 Å². The average molecular weight is 254 g/mol. The van der Waals surface area contributed by atoms with Crippen LogP contribution in [0.15, 0.2) is 24.3 Å². The molecule has 0 saturated carbocycles. The fourth-order valence-corrected chi connectivity index (χ4v) is 1.52. The van der Waals surface area contributed by atoms with Crippen molar-refractivity contribution in [2.75, 3.05) is 0 Å². The van der Waals surface area contributed by atoms with Crippen molar-refractivity contribution in [2.24, 2.45) is 0 Å². The molecule has 0 saturated heterocycles. The zero-order valence-corrected chi connectivity index (χ0v) is 10.4. The molecule has 1 rings (SSSR count). The van der Waals surface area contributed by atoms with Crippen molar-refractivity contribution in [1.82, 2.24) is 5.32 Å². The van der Waals surface area contributed by atoms with Gasteiger partial charge >= 0.3 is 6.61 Å². The topological polar surface area (TPSA) is 45.0 Å². The van der Waals surface area contributed by atoms with Gasteiger partial charge in [-0.25, -0.2) is 0 Å². The third kappa shape index (κ3) is 3.97. The second-order valence-corrected chi connectivity index (χ2v) is 3.95. The first kappa shape index (κ1) is 14.4. The van der Waals surface area contributed by atoms with Crippen LogP contribution in [0.5, 0.6) is 5.75 Å². The molecule has 2 atom stereocenters. The van der Waals surface area contributed by atoms with E-state index in [0.29, 0.717) is 5.56 Å². The van der Waals surface area contributed by atoms with Gasteiger partial charge in [0.2, 0.25) is 0 Å². The van der Waals surface area contributed by atoms with E-state index in [2.05, 4.69) is 16.1 Å². The zero-order valence-electron chi connectivity index (χ0n) is 10.4. The number of nitriles is 1. The van der Waals surface area contributed by atoms with Crippen molar-refractivity contribution in [3.8, 4) is 11.8 Å². The third-order valence-corrected chi connectivity index (χ3v) is 2.64. The number of nitrogens with zero attached hydrogens (tertiary/aromatic N) is 1. The molecule has 18 heavy (non-hydrogen) atoms. The Kier molecular flexibility index (Phi) is 5.53. The second-order valence-electron chi connectivity index (χ2n) is 3.95. The highest BCUT2D eigenvalue weighted by Gasteiger charge is 2.18. The highest BCUT2D eigenvalue weighted by atomic mass is 19.3. The lowest BCUT2D eigenvalue weighted by Crippen LogP contribution is -2.29. The molecule has 0 aliphatic rings. The normalized spacial score (nSPS) is 14.0. The number of para-hydroxylation sites is 1. The number of nitrogens with one attached hydrogen (secondary N) is 1. The molecule has 1 aromatic carbocycles. The molecular formula is C13H16F2N2O. The number of benzene rings is 1. The largest absolute Gasteiger partial charge is 0.434 e. The summed E-state index contributed by atoms with van der Waals surface area (Å²) >= 11 is 0. The Balaban J connectivity index is 2.95. The van der Waals surface area contributed by atoms with Crippen LogP contribution in [0.3, 0.4) is 0 Å². The number of alkyl halides is 2. The molecule has 0 spiro atoms. The van der Waals surface area contributed by atoms with Gasteiger partial charge in [0.05, 0.1) is 6.07 Å². The number of hydrogen-bond acceptors (Lipinski definition) is 3. The number of halogens is 2. The maximum Gasteiger partial charge on any atom is 0.387 e. The lowest BCUT2D eigenvalue weighted by molar-refractivity contribution is -0.0506. The second kappa shape index (κ2) is 6.92. The maximum atomic E-state index is 12.3. The van der Waals surface area contributed by atoms with Crippen LogP contribution in [0.1, 0.15) is 31.9 Å². The lowest BCUT2D eigenvalue weighted by Gasteiger charge is -2.19. The third-order valence-electron chi connectivity index (χ3n) is 2.64. The molecule has 0 fully saturated rings. The van der Waals surface area contributed by atoms with Crippen LogP contribution in [0.2, 0.25) is 0 Å². The van der Waals surface area contributed by atoms with Gasteiger partial charge in [-0.3, -0.25) is 5.32 Å². The van der Waals surface area contributed by atoms with E-state index in [0.717, 1.165) is 6.42 Å². The van der Waals surface area contributed by atoms with Crippen LogP contribution in [0.4, 0.5) is 8.78 Å². The SMILES string of the molecule is CCC(C)NC(C#N)c1ccccc1OC(F)F. The van der Waals surface area contributed by atoms with Gasteiger partial charge in [-0.1, -0.05) is 25.1 Å². The minimum atomic E-state index is -2.89. The average Bonchev–Trinajstić information content (AvgIpc) is 2.36. The number of hydrogen-bond donors (Lipinski definition) is 1. The smallest absolute Gasteiger partial charge is 0.387 e. The monoisotopic (exact) mass is 254 g/mol. The van der Waals surface area contributed by atoms with Gasteiger partial charge in [-0.15, -0.1) is 0 Å². The van der Waals surface area contributed by atoms with E-state index in [1.807, 2.05) is 13.8 Å². The van der Waals surface area contributed by atoms with Gasteiger partial charge in [0.1, 0.15) is 11.8 Å². The van der Waals surface area contributed by atoms with Crippen LogP contribution < -0.4 is 10.1 Å². The van der Waals surface area contributed by atoms with E-state index in [4.69, 9.17) is 5.26 Å². The molecule has 3 nitrogen and oxygen atoms in total. The van der Waals surface area contributed by atoms with Gasteiger partial charge in [0, 0.05) is 11.6 Å². The van der Waals surface area contributed by atoms with E-state index < -0.39 is 12.7 Å². The molecule has 0 aliphatic carbocycles. The van der Waals surface area contributed by atoms with Crippen LogP contribution >= 0.6 is 0 Å². The lowest BCUT2D eigenvalue weighted by atomic mass is 10.1. The minimum Gasteiger partial charge on any atom is -0.434 e. The Hall–Kier alpha value is -1.67. The Labute approximate surface area is 105 Å². The Morgan fingerprint density at radius 3 is 2.61 bits per heavy atom. The van der Waals surface area contributed by atoms with Crippen molar-refractivity contribution < 1.29 is 13.5 Å². The van der Waals surface area contributed by atoms with E-state index >= 15 is 0 Å². The Bertz CT molecular complexity index is 418. The number of rotatable bonds is 6. The predicted octanol–water partition coefficient (Wildman–Crippen LogP) is 3.24. The van der Waals surface area contributed by atoms with Crippen molar-refractivity contribution in [2.45, 2.75) is 39.0 Å². The van der Waals surface area contributed by atoms with Crippen molar-refractivity contribution >= 4 is 0 Å². The summed E-state index contributed by atoms with van der Waals surface area (Å²) in [5.74, 6) is 0.0369. The summed E-state index contributed by atoms with van der Waals surface area (Å²) in [5, 5.41) is 12.2. The molecular weight excluding hydrogens is 238 g/mol. The quantitative estimate of drug-likeness (QED) is 0.847. The fourth-order valence-electron chi connectivity index (χ4n) is 1.52. The van der Waals surface area contributed by atoms with Crippen LogP contribution in [-0.4, -0.2) is 12.7 Å². The van der Waals surface area contributed by atoms with E-state index in [1.165, 1.54) is 6.07 Å². The Morgan fingerprint density at radius 1 is 1.39 bits per heavy atom. The van der Waals surface area contributed by atoms with Gasteiger partial charge in [0.15, 0.2) is 0 Å². The first-order chi connectivity index (χ1) is 8.58. The molecule has 1 N–H and O–H groups in total. The molecule has 0 radical (unpaired) electrons. The van der Waals surface area contributed by atoms with Gasteiger partial charge in [0.25, 0.3) is 0 Å². The van der Waals surface area contributed by atoms with Gasteiger partial charge in [-0.2, -0.15) is 14.0 Å². The van der Waals surface area contributed by atoms with Gasteiger partial charge < -0.3 is 4.74 Å². The highest BCUT2D eigenvalue weighted by Crippen LogP contribution is 2.26. The summed E-state index contributed by atoms with van der Waals surface area (Å²) in [6.45, 7) is 1.02. The molecule has 2 unspecified atom stereocenters. The van der Waals surface area contributed by atoms with Crippen molar-refractivity contribution in [1.29, 1.82) is 5.26 Å². The molecule has 0 amide bonds. The first-order valence-electron chi connectivity index (χ1n) is 5.77. The van der Waals surface area contributed by atoms with Gasteiger partial charge in [-0.05, 0) is 19.4 Å². The molecule has 0 aliphatic heterocycles. The highest BCUT2D eigenvalue weighted by molar-refractivity contribution is 5.38. The Morgan fingerprint density at radius 2 is 2.06 bits per heavy atom. The van der Waals surface area contributed by atoms with E-state index in [9.17, 15) is 8.78 Å². The minimum absolute atomic E-state index is 0.0369. The fraction of sp³-hybridized carbons (Fsp3) is 0.462. The molecule has 5 heteroatoms. The summed E-state index contributed by atoms with van der Waals surface area (Å²) in [7, 11) is 0. The maximum absolute atomic E-state index is 12.3. The summed E-state index contributed by atoms with van der Waals surface area (Å²) in [6, 6.07) is 7.86. The van der Waals surface area contributed by atoms with E-state index in [-0.39, 0.29) is 11.8 Å². The first-order valence-corrected chi connectivity index (χ1v) is 5.77. The van der Waals surface area contributed by atoms with Crippen LogP contribution in [0.25, 0.3) is 0 Å². The van der Waals surface area contributed by atoms with Crippen molar-refractivity contribution in [3.05, 3.63) is 29.8 Å². The summed E-state index contributed by atoms with van der Waals surface area (Å²) in [4.78, 5) is 0.